The third kappa shape index (κ3) is 11.8. The van der Waals surface area contributed by atoms with Gasteiger partial charge in [-0.25, -0.2) is 0 Å². The van der Waals surface area contributed by atoms with Gasteiger partial charge in [-0.1, -0.05) is 115 Å². The van der Waals surface area contributed by atoms with Crippen molar-refractivity contribution in [2.45, 2.75) is 69.6 Å². The van der Waals surface area contributed by atoms with Gasteiger partial charge in [0, 0.05) is 19.3 Å². The molecular formula is C44H50N6O5. The maximum atomic E-state index is 14.4. The molecule has 0 spiro atoms. The van der Waals surface area contributed by atoms with Crippen molar-refractivity contribution in [3.8, 4) is 0 Å². The molecule has 11 heteroatoms. The molecule has 0 heterocycles. The second kappa shape index (κ2) is 20.0. The van der Waals surface area contributed by atoms with E-state index in [2.05, 4.69) is 21.3 Å². The van der Waals surface area contributed by atoms with E-state index in [0.717, 1.165) is 38.2 Å². The fourth-order valence-electron chi connectivity index (χ4n) is 6.62. The summed E-state index contributed by atoms with van der Waals surface area (Å²) in [6.45, 7) is 1.56. The molecule has 5 rings (SSSR count). The van der Waals surface area contributed by atoms with E-state index < -0.39 is 47.8 Å². The summed E-state index contributed by atoms with van der Waals surface area (Å²) in [5, 5.41) is 15.4. The van der Waals surface area contributed by atoms with E-state index in [1.54, 1.807) is 0 Å². The number of carbonyl (C=O) groups is 5. The Morgan fingerprint density at radius 1 is 0.491 bits per heavy atom. The number of fused-ring (bicyclic) bond motifs is 2. The van der Waals surface area contributed by atoms with Crippen molar-refractivity contribution in [1.82, 2.24) is 21.3 Å². The summed E-state index contributed by atoms with van der Waals surface area (Å²) >= 11 is 0. The van der Waals surface area contributed by atoms with Gasteiger partial charge in [-0.3, -0.25) is 24.0 Å². The largest absolute Gasteiger partial charge is 0.345 e. The Morgan fingerprint density at radius 3 is 1.40 bits per heavy atom. The lowest BCUT2D eigenvalue weighted by molar-refractivity contribution is -0.134. The molecular weight excluding hydrogens is 693 g/mol. The first kappa shape index (κ1) is 40.3. The second-order valence-electron chi connectivity index (χ2n) is 13.9. The average Bonchev–Trinajstić information content (AvgIpc) is 3.19. The first-order valence-electron chi connectivity index (χ1n) is 18.7. The van der Waals surface area contributed by atoms with E-state index in [9.17, 15) is 24.0 Å². The third-order valence-electron chi connectivity index (χ3n) is 9.65. The molecule has 0 bridgehead atoms. The molecule has 0 aliphatic heterocycles. The van der Waals surface area contributed by atoms with Gasteiger partial charge in [0.25, 0.3) is 0 Å². The van der Waals surface area contributed by atoms with E-state index in [0.29, 0.717) is 25.8 Å². The van der Waals surface area contributed by atoms with Crippen LogP contribution in [-0.4, -0.2) is 66.7 Å². The molecule has 0 saturated carbocycles. The second-order valence-corrected chi connectivity index (χ2v) is 13.9. The third-order valence-corrected chi connectivity index (χ3v) is 9.65. The van der Waals surface area contributed by atoms with Crippen LogP contribution in [0.2, 0.25) is 0 Å². The number of amides is 4. The maximum Gasteiger partial charge on any atom is 0.243 e. The highest BCUT2D eigenvalue weighted by Crippen LogP contribution is 2.19. The van der Waals surface area contributed by atoms with Gasteiger partial charge in [0.05, 0.1) is 12.6 Å². The minimum Gasteiger partial charge on any atom is -0.345 e. The Balaban J connectivity index is 1.44. The standard InChI is InChI=1S/C44H50N6O5/c1-29(51)37(17-9-10-22-45)48-43(54)39(25-30-11-3-2-4-12-30)49-44(55)40(27-32-19-21-34-14-6-8-16-36(34)24-32)50-42(53)38(47-41(52)28-46)26-31-18-20-33-13-5-7-15-35(33)23-31/h2-8,11-16,18-21,23-24,37-40H,9-10,17,22,25-28,45-46H2,1H3,(H,47,52)(H,48,54)(H,49,55)(H,50,53). The molecule has 5 aromatic carbocycles. The van der Waals surface area contributed by atoms with Crippen molar-refractivity contribution in [3.05, 3.63) is 132 Å². The molecule has 0 saturated heterocycles. The fraction of sp³-hybridized carbons (Fsp3) is 0.295. The Kier molecular flexibility index (Phi) is 14.6. The molecule has 4 amide bonds. The molecule has 0 aliphatic carbocycles. The number of unbranched alkanes of at least 4 members (excludes halogenated alkanes) is 1. The van der Waals surface area contributed by atoms with E-state index >= 15 is 0 Å². The number of Topliss-reactive ketones (excluding diaryl/α,β-unsaturated/α-hetero) is 1. The highest BCUT2D eigenvalue weighted by molar-refractivity contribution is 5.96. The van der Waals surface area contributed by atoms with Gasteiger partial charge in [-0.05, 0) is 71.0 Å². The highest BCUT2D eigenvalue weighted by Gasteiger charge is 2.31. The molecule has 286 valence electrons. The van der Waals surface area contributed by atoms with Crippen LogP contribution in [0.1, 0.15) is 42.9 Å². The van der Waals surface area contributed by atoms with Crippen LogP contribution in [0.4, 0.5) is 0 Å². The minimum absolute atomic E-state index is 0.0881. The number of nitrogens with one attached hydrogen (secondary N) is 4. The van der Waals surface area contributed by atoms with Crippen LogP contribution in [0.5, 0.6) is 0 Å². The number of carbonyl (C=O) groups excluding carboxylic acids is 5. The smallest absolute Gasteiger partial charge is 0.243 e. The van der Waals surface area contributed by atoms with E-state index in [1.807, 2.05) is 115 Å². The Hall–Kier alpha value is -5.91. The van der Waals surface area contributed by atoms with Gasteiger partial charge in [0.2, 0.25) is 23.6 Å². The Labute approximate surface area is 321 Å². The topological polar surface area (TPSA) is 186 Å². The summed E-state index contributed by atoms with van der Waals surface area (Å²) in [4.78, 5) is 67.6. The molecule has 0 radical (unpaired) electrons. The molecule has 11 nitrogen and oxygen atoms in total. The number of ketones is 1. The summed E-state index contributed by atoms with van der Waals surface area (Å²) < 4.78 is 0. The summed E-state index contributed by atoms with van der Waals surface area (Å²) in [5.41, 5.74) is 13.7. The van der Waals surface area contributed by atoms with Gasteiger partial charge in [0.15, 0.2) is 5.78 Å². The van der Waals surface area contributed by atoms with Crippen molar-refractivity contribution < 1.29 is 24.0 Å². The predicted octanol–water partition coefficient (Wildman–Crippen LogP) is 3.64. The van der Waals surface area contributed by atoms with Crippen molar-refractivity contribution in [1.29, 1.82) is 0 Å². The van der Waals surface area contributed by atoms with Crippen LogP contribution in [-0.2, 0) is 43.2 Å². The fourth-order valence-corrected chi connectivity index (χ4v) is 6.62. The lowest BCUT2D eigenvalue weighted by Crippen LogP contribution is -2.59. The molecule has 5 aromatic rings. The van der Waals surface area contributed by atoms with Gasteiger partial charge < -0.3 is 32.7 Å². The number of nitrogens with two attached hydrogens (primary N) is 2. The molecule has 4 unspecified atom stereocenters. The van der Waals surface area contributed by atoms with Gasteiger partial charge in [-0.15, -0.1) is 0 Å². The first-order chi connectivity index (χ1) is 26.6. The number of hydrogen-bond donors (Lipinski definition) is 6. The maximum absolute atomic E-state index is 14.4. The highest BCUT2D eigenvalue weighted by atomic mass is 16.2. The van der Waals surface area contributed by atoms with E-state index in [-0.39, 0.29) is 31.6 Å². The number of benzene rings is 5. The van der Waals surface area contributed by atoms with Crippen molar-refractivity contribution in [3.63, 3.8) is 0 Å². The number of rotatable bonds is 19. The minimum atomic E-state index is -1.15. The molecule has 0 aliphatic rings. The Morgan fingerprint density at radius 2 is 0.927 bits per heavy atom. The van der Waals surface area contributed by atoms with Gasteiger partial charge in [0.1, 0.15) is 18.1 Å². The van der Waals surface area contributed by atoms with Crippen LogP contribution in [0, 0.1) is 0 Å². The van der Waals surface area contributed by atoms with Crippen LogP contribution < -0.4 is 32.7 Å². The molecule has 55 heavy (non-hydrogen) atoms. The van der Waals surface area contributed by atoms with Crippen molar-refractivity contribution in [2.75, 3.05) is 13.1 Å². The monoisotopic (exact) mass is 742 g/mol. The predicted molar refractivity (Wildman–Crippen MR) is 216 cm³/mol. The van der Waals surface area contributed by atoms with E-state index in [1.165, 1.54) is 6.92 Å². The summed E-state index contributed by atoms with van der Waals surface area (Å²) in [7, 11) is 0. The van der Waals surface area contributed by atoms with Crippen LogP contribution in [0.25, 0.3) is 21.5 Å². The van der Waals surface area contributed by atoms with Gasteiger partial charge >= 0.3 is 0 Å². The zero-order valence-electron chi connectivity index (χ0n) is 31.1. The lowest BCUT2D eigenvalue weighted by Gasteiger charge is -2.27. The molecule has 0 aromatic heterocycles. The summed E-state index contributed by atoms with van der Waals surface area (Å²) in [5.74, 6) is -2.44. The average molecular weight is 743 g/mol. The van der Waals surface area contributed by atoms with Crippen LogP contribution in [0.15, 0.2) is 115 Å². The SMILES string of the molecule is CC(=O)C(CCCCN)NC(=O)C(Cc1ccccc1)NC(=O)C(Cc1ccc2ccccc2c1)NC(=O)C(Cc1ccc2ccccc2c1)NC(=O)CN. The molecule has 4 atom stereocenters. The molecule has 8 N–H and O–H groups in total. The Bertz CT molecular complexity index is 2110. The quantitative estimate of drug-likeness (QED) is 0.0698. The first-order valence-corrected chi connectivity index (χ1v) is 18.7. The zero-order chi connectivity index (χ0) is 39.2. The summed E-state index contributed by atoms with van der Waals surface area (Å²) in [6.07, 6.45) is 2.13. The van der Waals surface area contributed by atoms with Gasteiger partial charge in [-0.2, -0.15) is 0 Å². The van der Waals surface area contributed by atoms with Crippen LogP contribution >= 0.6 is 0 Å². The zero-order valence-corrected chi connectivity index (χ0v) is 31.1. The lowest BCUT2D eigenvalue weighted by atomic mass is 9.98. The van der Waals surface area contributed by atoms with Crippen molar-refractivity contribution in [2.24, 2.45) is 11.5 Å². The number of hydrogen-bond acceptors (Lipinski definition) is 7. The molecule has 0 fully saturated rings. The van der Waals surface area contributed by atoms with E-state index in [4.69, 9.17) is 11.5 Å². The van der Waals surface area contributed by atoms with Crippen molar-refractivity contribution >= 4 is 51.0 Å². The normalized spacial score (nSPS) is 13.3. The summed E-state index contributed by atoms with van der Waals surface area (Å²) in [6, 6.07) is 32.4. The van der Waals surface area contributed by atoms with Crippen LogP contribution in [0.3, 0.4) is 0 Å².